The predicted molar refractivity (Wildman–Crippen MR) is 126 cm³/mol. The predicted octanol–water partition coefficient (Wildman–Crippen LogP) is 3.47. The van der Waals surface area contributed by atoms with Gasteiger partial charge in [-0.15, -0.1) is 11.3 Å². The first-order valence-corrected chi connectivity index (χ1v) is 11.7. The summed E-state index contributed by atoms with van der Waals surface area (Å²) >= 11 is 1.64. The minimum Gasteiger partial charge on any atom is -0.493 e. The lowest BCUT2D eigenvalue weighted by Gasteiger charge is -2.31. The van der Waals surface area contributed by atoms with Crippen LogP contribution in [0.2, 0.25) is 0 Å². The third kappa shape index (κ3) is 4.46. The van der Waals surface area contributed by atoms with Crippen molar-refractivity contribution >= 4 is 33.4 Å². The normalized spacial score (nSPS) is 14.5. The summed E-state index contributed by atoms with van der Waals surface area (Å²) in [5, 5.41) is 5.08. The van der Waals surface area contributed by atoms with Crippen molar-refractivity contribution < 1.29 is 19.1 Å². The Morgan fingerprint density at radius 2 is 1.84 bits per heavy atom. The molecule has 3 aromatic rings. The summed E-state index contributed by atoms with van der Waals surface area (Å²) in [6, 6.07) is 9.79. The SMILES string of the molecule is COc1ccc(CCNC(=O)C2CCN(C(=O)c3cc4sccc4n3C)CC2)cc1OC. The van der Waals surface area contributed by atoms with E-state index in [2.05, 4.69) is 5.32 Å². The van der Waals surface area contributed by atoms with Crippen molar-refractivity contribution in [2.24, 2.45) is 13.0 Å². The summed E-state index contributed by atoms with van der Waals surface area (Å²) in [7, 11) is 5.15. The molecule has 0 bridgehead atoms. The van der Waals surface area contributed by atoms with Gasteiger partial charge in [0.15, 0.2) is 11.5 Å². The van der Waals surface area contributed by atoms with Crippen molar-refractivity contribution in [2.75, 3.05) is 33.9 Å². The van der Waals surface area contributed by atoms with Crippen LogP contribution < -0.4 is 14.8 Å². The fraction of sp³-hybridized carbons (Fsp3) is 0.417. The summed E-state index contributed by atoms with van der Waals surface area (Å²) in [6.45, 7) is 1.77. The monoisotopic (exact) mass is 455 g/mol. The number of hydrogen-bond acceptors (Lipinski definition) is 5. The molecule has 0 unspecified atom stereocenters. The Hall–Kier alpha value is -3.00. The standard InChI is InChI=1S/C24H29N3O4S/c1-26-18-9-13-32-22(18)15-19(26)24(29)27-11-7-17(8-12-27)23(28)25-10-6-16-4-5-20(30-2)21(14-16)31-3/h4-5,9,13-15,17H,6-8,10-12H2,1-3H3,(H,25,28). The molecule has 0 spiro atoms. The molecule has 2 aromatic heterocycles. The fourth-order valence-electron chi connectivity index (χ4n) is 4.27. The number of aromatic nitrogens is 1. The van der Waals surface area contributed by atoms with Gasteiger partial charge in [0, 0.05) is 32.6 Å². The Kier molecular flexibility index (Phi) is 6.69. The van der Waals surface area contributed by atoms with Gasteiger partial charge in [-0.3, -0.25) is 9.59 Å². The average molecular weight is 456 g/mol. The number of amides is 2. The van der Waals surface area contributed by atoms with Crippen LogP contribution in [0.3, 0.4) is 0 Å². The zero-order valence-corrected chi connectivity index (χ0v) is 19.5. The van der Waals surface area contributed by atoms with Gasteiger partial charge in [0.2, 0.25) is 5.91 Å². The van der Waals surface area contributed by atoms with E-state index in [4.69, 9.17) is 9.47 Å². The number of piperidine rings is 1. The van der Waals surface area contributed by atoms with Crippen LogP contribution in [-0.2, 0) is 18.3 Å². The molecular weight excluding hydrogens is 426 g/mol. The number of benzene rings is 1. The highest BCUT2D eigenvalue weighted by Gasteiger charge is 2.29. The minimum absolute atomic E-state index is 0.0446. The van der Waals surface area contributed by atoms with Crippen molar-refractivity contribution in [2.45, 2.75) is 19.3 Å². The first kappa shape index (κ1) is 22.2. The van der Waals surface area contributed by atoms with Crippen LogP contribution in [-0.4, -0.2) is 55.1 Å². The number of nitrogens with one attached hydrogen (secondary N) is 1. The highest BCUT2D eigenvalue weighted by atomic mass is 32.1. The van der Waals surface area contributed by atoms with E-state index in [1.54, 1.807) is 25.6 Å². The summed E-state index contributed by atoms with van der Waals surface area (Å²) in [6.07, 6.45) is 2.09. The molecule has 3 heterocycles. The first-order valence-electron chi connectivity index (χ1n) is 10.8. The Balaban J connectivity index is 1.26. The van der Waals surface area contributed by atoms with Crippen molar-refractivity contribution in [1.82, 2.24) is 14.8 Å². The molecule has 0 radical (unpaired) electrons. The fourth-order valence-corrected chi connectivity index (χ4v) is 5.12. The van der Waals surface area contributed by atoms with Crippen LogP contribution in [0.15, 0.2) is 35.7 Å². The molecule has 8 heteroatoms. The second kappa shape index (κ2) is 9.65. The number of likely N-dealkylation sites (tertiary alicyclic amines) is 1. The molecule has 4 rings (SSSR count). The summed E-state index contributed by atoms with van der Waals surface area (Å²) < 4.78 is 13.7. The summed E-state index contributed by atoms with van der Waals surface area (Å²) in [4.78, 5) is 27.5. The number of thiophene rings is 1. The topological polar surface area (TPSA) is 72.8 Å². The number of fused-ring (bicyclic) bond motifs is 1. The molecule has 0 saturated carbocycles. The van der Waals surface area contributed by atoms with Crippen LogP contribution in [0.4, 0.5) is 0 Å². The van der Waals surface area contributed by atoms with Gasteiger partial charge in [-0.2, -0.15) is 0 Å². The number of carbonyl (C=O) groups excluding carboxylic acids is 2. The average Bonchev–Trinajstić information content (AvgIpc) is 3.41. The van der Waals surface area contributed by atoms with E-state index in [0.29, 0.717) is 56.1 Å². The number of rotatable bonds is 7. The zero-order chi connectivity index (χ0) is 22.7. The second-order valence-electron chi connectivity index (χ2n) is 8.06. The van der Waals surface area contributed by atoms with Gasteiger partial charge in [0.1, 0.15) is 5.69 Å². The van der Waals surface area contributed by atoms with E-state index in [9.17, 15) is 9.59 Å². The van der Waals surface area contributed by atoms with E-state index in [0.717, 1.165) is 15.8 Å². The van der Waals surface area contributed by atoms with Gasteiger partial charge in [0.25, 0.3) is 5.91 Å². The largest absolute Gasteiger partial charge is 0.493 e. The smallest absolute Gasteiger partial charge is 0.270 e. The van der Waals surface area contributed by atoms with Gasteiger partial charge < -0.3 is 24.3 Å². The Bertz CT molecular complexity index is 1110. The minimum atomic E-state index is -0.0543. The molecule has 2 amide bonds. The molecule has 1 aromatic carbocycles. The van der Waals surface area contributed by atoms with Crippen molar-refractivity contribution in [3.63, 3.8) is 0 Å². The lowest BCUT2D eigenvalue weighted by molar-refractivity contribution is -0.126. The quantitative estimate of drug-likeness (QED) is 0.592. The summed E-state index contributed by atoms with van der Waals surface area (Å²) in [5.74, 6) is 1.43. The highest BCUT2D eigenvalue weighted by Crippen LogP contribution is 2.28. The Labute approximate surface area is 191 Å². The molecule has 1 aliphatic heterocycles. The van der Waals surface area contributed by atoms with Gasteiger partial charge in [0.05, 0.1) is 24.4 Å². The summed E-state index contributed by atoms with van der Waals surface area (Å²) in [5.41, 5.74) is 2.87. The van der Waals surface area contributed by atoms with Crippen molar-refractivity contribution in [1.29, 1.82) is 0 Å². The number of carbonyl (C=O) groups is 2. The molecule has 0 atom stereocenters. The maximum atomic E-state index is 13.0. The highest BCUT2D eigenvalue weighted by molar-refractivity contribution is 7.17. The van der Waals surface area contributed by atoms with Crippen LogP contribution >= 0.6 is 11.3 Å². The maximum Gasteiger partial charge on any atom is 0.270 e. The molecule has 32 heavy (non-hydrogen) atoms. The molecule has 0 aliphatic carbocycles. The van der Waals surface area contributed by atoms with Crippen molar-refractivity contribution in [3.8, 4) is 11.5 Å². The second-order valence-corrected chi connectivity index (χ2v) is 9.00. The van der Waals surface area contributed by atoms with Crippen LogP contribution in [0.5, 0.6) is 11.5 Å². The number of ether oxygens (including phenoxy) is 2. The van der Waals surface area contributed by atoms with E-state index >= 15 is 0 Å². The molecule has 7 nitrogen and oxygen atoms in total. The van der Waals surface area contributed by atoms with E-state index < -0.39 is 0 Å². The molecule has 1 N–H and O–H groups in total. The van der Waals surface area contributed by atoms with E-state index in [-0.39, 0.29) is 17.7 Å². The number of methoxy groups -OCH3 is 2. The Morgan fingerprint density at radius 1 is 1.09 bits per heavy atom. The van der Waals surface area contributed by atoms with Gasteiger partial charge >= 0.3 is 0 Å². The lowest BCUT2D eigenvalue weighted by atomic mass is 9.95. The molecule has 1 fully saturated rings. The van der Waals surface area contributed by atoms with Gasteiger partial charge in [-0.1, -0.05) is 6.07 Å². The maximum absolute atomic E-state index is 13.0. The molecule has 170 valence electrons. The van der Waals surface area contributed by atoms with Gasteiger partial charge in [-0.25, -0.2) is 0 Å². The van der Waals surface area contributed by atoms with Crippen LogP contribution in [0.1, 0.15) is 28.9 Å². The van der Waals surface area contributed by atoms with E-state index in [1.807, 2.05) is 52.2 Å². The van der Waals surface area contributed by atoms with E-state index in [1.165, 1.54) is 0 Å². The number of hydrogen-bond donors (Lipinski definition) is 1. The Morgan fingerprint density at radius 3 is 2.53 bits per heavy atom. The third-order valence-electron chi connectivity index (χ3n) is 6.20. The van der Waals surface area contributed by atoms with Crippen molar-refractivity contribution in [3.05, 3.63) is 47.0 Å². The molecule has 1 aliphatic rings. The number of aryl methyl sites for hydroxylation is 1. The molecular formula is C24H29N3O4S. The van der Waals surface area contributed by atoms with Gasteiger partial charge in [-0.05, 0) is 54.5 Å². The lowest BCUT2D eigenvalue weighted by Crippen LogP contribution is -2.43. The number of nitrogens with zero attached hydrogens (tertiary/aromatic N) is 2. The molecule has 1 saturated heterocycles. The van der Waals surface area contributed by atoms with Crippen LogP contribution in [0.25, 0.3) is 10.2 Å². The third-order valence-corrected chi connectivity index (χ3v) is 7.05. The zero-order valence-electron chi connectivity index (χ0n) is 18.7. The first-order chi connectivity index (χ1) is 15.5. The van der Waals surface area contributed by atoms with Crippen LogP contribution in [0, 0.1) is 5.92 Å².